The zero-order valence-corrected chi connectivity index (χ0v) is 18.3. The van der Waals surface area contributed by atoms with Gasteiger partial charge in [0, 0.05) is 44.0 Å². The lowest BCUT2D eigenvalue weighted by Crippen LogP contribution is -2.36. The number of aliphatic hydroxyl groups is 1. The molecule has 1 aromatic heterocycles. The molecule has 29 heavy (non-hydrogen) atoms. The normalized spacial score (nSPS) is 12.4. The van der Waals surface area contributed by atoms with Crippen LogP contribution in [-0.4, -0.2) is 61.0 Å². The molecular formula is C23H35N3O3. The van der Waals surface area contributed by atoms with Crippen molar-refractivity contribution in [3.05, 3.63) is 53.3 Å². The molecule has 2 aromatic rings. The smallest absolute Gasteiger partial charge is 0.161 e. The fourth-order valence-electron chi connectivity index (χ4n) is 2.94. The number of nitrogens with one attached hydrogen (secondary N) is 1. The van der Waals surface area contributed by atoms with Crippen LogP contribution < -0.4 is 14.8 Å². The van der Waals surface area contributed by atoms with E-state index in [9.17, 15) is 5.11 Å². The number of pyridine rings is 1. The number of benzene rings is 1. The average Bonchev–Trinajstić information content (AvgIpc) is 2.71. The maximum absolute atomic E-state index is 10.2. The van der Waals surface area contributed by atoms with Crippen molar-refractivity contribution < 1.29 is 14.6 Å². The predicted molar refractivity (Wildman–Crippen MR) is 117 cm³/mol. The number of likely N-dealkylation sites (N-methyl/N-ethyl adjacent to an activating group) is 1. The van der Waals surface area contributed by atoms with Crippen molar-refractivity contribution >= 4 is 0 Å². The first-order valence-electron chi connectivity index (χ1n) is 10.2. The third kappa shape index (κ3) is 7.65. The highest BCUT2D eigenvalue weighted by Gasteiger charge is 2.13. The maximum Gasteiger partial charge on any atom is 0.161 e. The Balaban J connectivity index is 1.82. The summed E-state index contributed by atoms with van der Waals surface area (Å²) in [6.45, 7) is 8.68. The quantitative estimate of drug-likeness (QED) is 0.533. The highest BCUT2D eigenvalue weighted by Crippen LogP contribution is 2.28. The summed E-state index contributed by atoms with van der Waals surface area (Å²) in [6.07, 6.45) is 2.18. The Morgan fingerprint density at radius 2 is 2.00 bits per heavy atom. The minimum atomic E-state index is -0.552. The van der Waals surface area contributed by atoms with Crippen LogP contribution in [0.15, 0.2) is 36.5 Å². The minimum Gasteiger partial charge on any atom is -0.493 e. The fourth-order valence-corrected chi connectivity index (χ4v) is 2.94. The van der Waals surface area contributed by atoms with Crippen LogP contribution in [-0.2, 0) is 13.0 Å². The van der Waals surface area contributed by atoms with E-state index in [1.807, 2.05) is 37.5 Å². The first kappa shape index (κ1) is 23.1. The molecule has 0 aliphatic carbocycles. The van der Waals surface area contributed by atoms with Crippen LogP contribution in [0.25, 0.3) is 0 Å². The van der Waals surface area contributed by atoms with Crippen molar-refractivity contribution in [1.29, 1.82) is 0 Å². The van der Waals surface area contributed by atoms with E-state index in [2.05, 4.69) is 42.0 Å². The molecule has 0 aliphatic rings. The average molecular weight is 402 g/mol. The molecule has 1 atom stereocenters. The van der Waals surface area contributed by atoms with Gasteiger partial charge in [-0.1, -0.05) is 12.1 Å². The third-order valence-corrected chi connectivity index (χ3v) is 5.03. The number of aliphatic hydroxyl groups excluding tert-OH is 1. The molecule has 0 saturated carbocycles. The molecule has 160 valence electrons. The Labute approximate surface area is 174 Å². The second-order valence-electron chi connectivity index (χ2n) is 7.68. The van der Waals surface area contributed by atoms with Gasteiger partial charge in [0.05, 0.1) is 7.11 Å². The largest absolute Gasteiger partial charge is 0.493 e. The van der Waals surface area contributed by atoms with Gasteiger partial charge in [0.2, 0.25) is 0 Å². The lowest BCUT2D eigenvalue weighted by atomic mass is 10.1. The van der Waals surface area contributed by atoms with Crippen LogP contribution in [0.1, 0.15) is 30.7 Å². The third-order valence-electron chi connectivity index (χ3n) is 5.03. The Morgan fingerprint density at radius 3 is 2.69 bits per heavy atom. The highest BCUT2D eigenvalue weighted by atomic mass is 16.5. The van der Waals surface area contributed by atoms with Gasteiger partial charge in [0.25, 0.3) is 0 Å². The van der Waals surface area contributed by atoms with Crippen LogP contribution in [0, 0.1) is 6.92 Å². The summed E-state index contributed by atoms with van der Waals surface area (Å²) in [6, 6.07) is 10.3. The van der Waals surface area contributed by atoms with Crippen LogP contribution in [0.3, 0.4) is 0 Å². The van der Waals surface area contributed by atoms with Crippen LogP contribution in [0.2, 0.25) is 0 Å². The van der Waals surface area contributed by atoms with Gasteiger partial charge in [-0.3, -0.25) is 4.98 Å². The number of ether oxygens (including phenoxy) is 2. The molecule has 0 radical (unpaired) electrons. The Kier molecular flexibility index (Phi) is 9.38. The van der Waals surface area contributed by atoms with Gasteiger partial charge in [-0.2, -0.15) is 0 Å². The molecule has 0 fully saturated rings. The van der Waals surface area contributed by atoms with Gasteiger partial charge < -0.3 is 24.8 Å². The molecule has 6 heteroatoms. The number of aryl methyl sites for hydroxylation is 1. The Morgan fingerprint density at radius 1 is 1.21 bits per heavy atom. The number of hydrogen-bond donors (Lipinski definition) is 2. The summed E-state index contributed by atoms with van der Waals surface area (Å²) in [5.74, 6) is 1.32. The monoisotopic (exact) mass is 401 g/mol. The van der Waals surface area contributed by atoms with Crippen LogP contribution >= 0.6 is 0 Å². The number of aromatic nitrogens is 1. The Bertz CT molecular complexity index is 752. The van der Waals surface area contributed by atoms with Crippen molar-refractivity contribution in [1.82, 2.24) is 15.2 Å². The molecule has 6 nitrogen and oxygen atoms in total. The molecule has 1 aromatic carbocycles. The SMILES string of the molecule is COc1cc(CNCCc2ncccc2C)ccc1OC[C@H](O)CN(C)C(C)C. The number of hydrogen-bond acceptors (Lipinski definition) is 6. The lowest BCUT2D eigenvalue weighted by Gasteiger charge is -2.24. The van der Waals surface area contributed by atoms with Crippen molar-refractivity contribution in [2.75, 3.05) is 33.9 Å². The molecule has 1 heterocycles. The van der Waals surface area contributed by atoms with E-state index < -0.39 is 6.10 Å². The van der Waals surface area contributed by atoms with Gasteiger partial charge >= 0.3 is 0 Å². The summed E-state index contributed by atoms with van der Waals surface area (Å²) in [5, 5.41) is 13.6. The number of nitrogens with zero attached hydrogens (tertiary/aromatic N) is 2. The number of rotatable bonds is 12. The molecule has 2 N–H and O–H groups in total. The van der Waals surface area contributed by atoms with Crippen molar-refractivity contribution in [2.24, 2.45) is 0 Å². The summed E-state index contributed by atoms with van der Waals surface area (Å²) in [7, 11) is 3.62. The zero-order chi connectivity index (χ0) is 21.2. The van der Waals surface area contributed by atoms with Crippen molar-refractivity contribution in [2.45, 2.75) is 45.9 Å². The maximum atomic E-state index is 10.2. The van der Waals surface area contributed by atoms with Crippen LogP contribution in [0.5, 0.6) is 11.5 Å². The van der Waals surface area contributed by atoms with Gasteiger partial charge in [0.1, 0.15) is 12.7 Å². The first-order chi connectivity index (χ1) is 13.9. The molecule has 0 spiro atoms. The highest BCUT2D eigenvalue weighted by molar-refractivity contribution is 5.43. The van der Waals surface area contributed by atoms with E-state index >= 15 is 0 Å². The van der Waals surface area contributed by atoms with Crippen LogP contribution in [0.4, 0.5) is 0 Å². The minimum absolute atomic E-state index is 0.231. The van der Waals surface area contributed by atoms with Gasteiger partial charge in [-0.05, 0) is 57.1 Å². The number of methoxy groups -OCH3 is 1. The van der Waals surface area contributed by atoms with E-state index in [1.54, 1.807) is 7.11 Å². The summed E-state index contributed by atoms with van der Waals surface area (Å²) in [4.78, 5) is 6.51. The first-order valence-corrected chi connectivity index (χ1v) is 10.2. The molecular weight excluding hydrogens is 366 g/mol. The summed E-state index contributed by atoms with van der Waals surface area (Å²) >= 11 is 0. The molecule has 0 saturated heterocycles. The van der Waals surface area contributed by atoms with Crippen molar-refractivity contribution in [3.8, 4) is 11.5 Å². The van der Waals surface area contributed by atoms with E-state index in [0.717, 1.165) is 30.8 Å². The fraction of sp³-hybridized carbons (Fsp3) is 0.522. The molecule has 2 rings (SSSR count). The molecule has 0 unspecified atom stereocenters. The second kappa shape index (κ2) is 11.8. The molecule has 0 aliphatic heterocycles. The standard InChI is InChI=1S/C23H35N3O3/c1-17(2)26(4)15-20(27)16-29-22-9-8-19(13-23(22)28-5)14-24-12-10-21-18(3)7-6-11-25-21/h6-9,11,13,17,20,24,27H,10,12,14-16H2,1-5H3/t20-/m1/s1. The Hall–Kier alpha value is -2.15. The van der Waals surface area contributed by atoms with Gasteiger partial charge in [-0.25, -0.2) is 0 Å². The molecule has 0 amide bonds. The molecule has 0 bridgehead atoms. The van der Waals surface area contributed by atoms with Crippen molar-refractivity contribution in [3.63, 3.8) is 0 Å². The van der Waals surface area contributed by atoms with E-state index in [0.29, 0.717) is 24.1 Å². The van der Waals surface area contributed by atoms with E-state index in [-0.39, 0.29) is 6.61 Å². The van der Waals surface area contributed by atoms with Gasteiger partial charge in [0.15, 0.2) is 11.5 Å². The van der Waals surface area contributed by atoms with E-state index in [4.69, 9.17) is 9.47 Å². The van der Waals surface area contributed by atoms with Gasteiger partial charge in [-0.15, -0.1) is 0 Å². The summed E-state index contributed by atoms with van der Waals surface area (Å²) in [5.41, 5.74) is 3.47. The topological polar surface area (TPSA) is 66.8 Å². The lowest BCUT2D eigenvalue weighted by molar-refractivity contribution is 0.0668. The summed E-state index contributed by atoms with van der Waals surface area (Å²) < 4.78 is 11.3. The second-order valence-corrected chi connectivity index (χ2v) is 7.68. The van der Waals surface area contributed by atoms with E-state index in [1.165, 1.54) is 5.56 Å². The predicted octanol–water partition coefficient (Wildman–Crippen LogP) is 2.81. The zero-order valence-electron chi connectivity index (χ0n) is 18.3.